The smallest absolute Gasteiger partial charge is 0.164 e. The van der Waals surface area contributed by atoms with E-state index in [9.17, 15) is 8.78 Å². The molecule has 0 aliphatic heterocycles. The van der Waals surface area contributed by atoms with E-state index in [-0.39, 0.29) is 5.52 Å². The van der Waals surface area contributed by atoms with E-state index in [1.54, 1.807) is 6.20 Å². The Morgan fingerprint density at radius 1 is 0.969 bits per heavy atom. The summed E-state index contributed by atoms with van der Waals surface area (Å²) in [6, 6.07) is 8.79. The van der Waals surface area contributed by atoms with Crippen molar-refractivity contribution in [3.8, 4) is 11.4 Å². The topological polar surface area (TPSA) is 53.6 Å². The number of anilines is 1. The predicted octanol–water partition coefficient (Wildman–Crippen LogP) is 6.60. The highest BCUT2D eigenvalue weighted by Gasteiger charge is 2.41. The van der Waals surface area contributed by atoms with Gasteiger partial charge >= 0.3 is 0 Å². The third-order valence-electron chi connectivity index (χ3n) is 7.74. The van der Waals surface area contributed by atoms with Crippen LogP contribution in [0.1, 0.15) is 38.2 Å². The lowest BCUT2D eigenvalue weighted by molar-refractivity contribution is 0.0929. The quantitative estimate of drug-likeness (QED) is 0.383. The summed E-state index contributed by atoms with van der Waals surface area (Å²) in [4.78, 5) is 12.6. The molecule has 2 N–H and O–H groups in total. The molecule has 2 atom stereocenters. The maximum Gasteiger partial charge on any atom is 0.164 e. The summed E-state index contributed by atoms with van der Waals surface area (Å²) < 4.78 is 28.3. The van der Waals surface area contributed by atoms with Crippen molar-refractivity contribution in [2.75, 3.05) is 5.32 Å². The van der Waals surface area contributed by atoms with Gasteiger partial charge in [-0.3, -0.25) is 0 Å². The molecule has 3 aliphatic carbocycles. The van der Waals surface area contributed by atoms with Crippen molar-refractivity contribution in [2.45, 2.75) is 45.6 Å². The third-order valence-corrected chi connectivity index (χ3v) is 7.74. The Hall–Kier alpha value is -3.02. The number of hydrogen-bond donors (Lipinski definition) is 2. The van der Waals surface area contributed by atoms with E-state index in [1.807, 2.05) is 13.0 Å². The molecule has 0 spiro atoms. The first-order valence-electron chi connectivity index (χ1n) is 11.5. The van der Waals surface area contributed by atoms with Gasteiger partial charge in [-0.05, 0) is 74.1 Å². The van der Waals surface area contributed by atoms with Gasteiger partial charge in [0.05, 0.1) is 11.0 Å². The largest absolute Gasteiger partial charge is 0.366 e. The van der Waals surface area contributed by atoms with Crippen molar-refractivity contribution in [1.82, 2.24) is 15.0 Å². The van der Waals surface area contributed by atoms with Crippen molar-refractivity contribution < 1.29 is 8.78 Å². The average molecular weight is 433 g/mol. The predicted molar refractivity (Wildman–Crippen MR) is 124 cm³/mol. The number of rotatable bonds is 3. The summed E-state index contributed by atoms with van der Waals surface area (Å²) in [7, 11) is 0. The minimum Gasteiger partial charge on any atom is -0.366 e. The second kappa shape index (κ2) is 7.26. The molecule has 2 aromatic heterocycles. The second-order valence-electron chi connectivity index (χ2n) is 9.63. The van der Waals surface area contributed by atoms with Gasteiger partial charge in [0.15, 0.2) is 5.82 Å². The van der Waals surface area contributed by atoms with E-state index >= 15 is 0 Å². The molecule has 0 radical (unpaired) electrons. The van der Waals surface area contributed by atoms with Gasteiger partial charge in [-0.15, -0.1) is 0 Å². The van der Waals surface area contributed by atoms with Crippen LogP contribution < -0.4 is 5.32 Å². The number of H-pyrrole nitrogens is 1. The maximum atomic E-state index is 14.3. The van der Waals surface area contributed by atoms with E-state index in [0.717, 1.165) is 34.3 Å². The lowest BCUT2D eigenvalue weighted by atomic mass is 9.62. The Kier molecular flexibility index (Phi) is 4.46. The summed E-state index contributed by atoms with van der Waals surface area (Å²) in [5, 5.41) is 5.21. The molecule has 2 bridgehead atoms. The Morgan fingerprint density at radius 3 is 2.53 bits per heavy atom. The molecule has 0 saturated heterocycles. The van der Waals surface area contributed by atoms with E-state index in [2.05, 4.69) is 29.4 Å². The first-order valence-corrected chi connectivity index (χ1v) is 11.5. The fraction of sp³-hybridized carbons (Fsp3) is 0.385. The van der Waals surface area contributed by atoms with Crippen LogP contribution >= 0.6 is 0 Å². The van der Waals surface area contributed by atoms with Crippen LogP contribution in [0, 0.1) is 36.3 Å². The Labute approximate surface area is 185 Å². The number of fused-ring (bicyclic) bond motifs is 5. The van der Waals surface area contributed by atoms with Crippen LogP contribution in [0.4, 0.5) is 14.6 Å². The normalized spacial score (nSPS) is 25.0. The molecule has 4 aromatic rings. The van der Waals surface area contributed by atoms with E-state index in [0.29, 0.717) is 34.7 Å². The number of nitrogens with zero attached hydrogens (tertiary/aromatic N) is 2. The number of aryl methyl sites for hydroxylation is 1. The monoisotopic (exact) mass is 432 g/mol. The number of benzene rings is 2. The van der Waals surface area contributed by atoms with E-state index in [1.165, 1.54) is 31.7 Å². The highest BCUT2D eigenvalue weighted by atomic mass is 19.1. The van der Waals surface area contributed by atoms with E-state index < -0.39 is 11.6 Å². The summed E-state index contributed by atoms with van der Waals surface area (Å²) in [5.41, 5.74) is 2.80. The minimum atomic E-state index is -0.617. The molecule has 0 unspecified atom stereocenters. The van der Waals surface area contributed by atoms with Gasteiger partial charge < -0.3 is 10.3 Å². The van der Waals surface area contributed by atoms with Crippen molar-refractivity contribution in [3.05, 3.63) is 53.7 Å². The molecule has 164 valence electrons. The number of hydrogen-bond acceptors (Lipinski definition) is 3. The molecule has 2 heterocycles. The van der Waals surface area contributed by atoms with Crippen molar-refractivity contribution in [3.63, 3.8) is 0 Å². The molecule has 32 heavy (non-hydrogen) atoms. The summed E-state index contributed by atoms with van der Waals surface area (Å²) >= 11 is 0. The van der Waals surface area contributed by atoms with Crippen LogP contribution in [0.5, 0.6) is 0 Å². The van der Waals surface area contributed by atoms with E-state index in [4.69, 9.17) is 9.97 Å². The van der Waals surface area contributed by atoms with Crippen molar-refractivity contribution in [2.24, 2.45) is 17.8 Å². The van der Waals surface area contributed by atoms with Crippen LogP contribution in [0.15, 0.2) is 36.5 Å². The van der Waals surface area contributed by atoms with Crippen molar-refractivity contribution >= 4 is 27.6 Å². The Morgan fingerprint density at radius 2 is 1.75 bits per heavy atom. The first-order chi connectivity index (χ1) is 15.5. The van der Waals surface area contributed by atoms with Gasteiger partial charge in [-0.1, -0.05) is 13.0 Å². The number of halogens is 2. The molecule has 0 amide bonds. The molecule has 3 saturated carbocycles. The Bertz CT molecular complexity index is 1330. The molecule has 2 aromatic carbocycles. The number of aromatic amines is 1. The third kappa shape index (κ3) is 3.07. The Balaban J connectivity index is 1.51. The fourth-order valence-electron chi connectivity index (χ4n) is 5.97. The van der Waals surface area contributed by atoms with Crippen LogP contribution in [0.3, 0.4) is 0 Å². The van der Waals surface area contributed by atoms with Crippen molar-refractivity contribution in [1.29, 1.82) is 0 Å². The van der Waals surface area contributed by atoms with Crippen LogP contribution in [0.25, 0.3) is 33.2 Å². The zero-order valence-corrected chi connectivity index (χ0v) is 18.3. The highest BCUT2D eigenvalue weighted by Crippen LogP contribution is 2.46. The summed E-state index contributed by atoms with van der Waals surface area (Å²) in [5.74, 6) is 2.07. The summed E-state index contributed by atoms with van der Waals surface area (Å²) in [6.45, 7) is 4.39. The van der Waals surface area contributed by atoms with Gasteiger partial charge in [-0.25, -0.2) is 18.7 Å². The van der Waals surface area contributed by atoms with Gasteiger partial charge in [0.1, 0.15) is 17.5 Å². The number of aromatic nitrogens is 3. The average Bonchev–Trinajstić information content (AvgIpc) is 3.20. The van der Waals surface area contributed by atoms with Crippen LogP contribution in [-0.2, 0) is 0 Å². The van der Waals surface area contributed by atoms with Gasteiger partial charge in [0.2, 0.25) is 0 Å². The molecule has 7 rings (SSSR count). The molecular weight excluding hydrogens is 406 g/mol. The standard InChI is InChI=1S/C26H26F2N4/c1-13-3-8-18-22(9-13)30-26(20-12-29-24-19(20)10-17(27)11-21(24)28)32-25(18)31-23-14(2)15-4-6-16(23)7-5-15/h3,8-12,14-16,23,29H,4-7H2,1-2H3,(H,30,31,32)/t14-,15?,16?,23+/m0/s1. The molecule has 4 nitrogen and oxygen atoms in total. The van der Waals surface area contributed by atoms with Gasteiger partial charge in [0.25, 0.3) is 0 Å². The minimum absolute atomic E-state index is 0.266. The fourth-order valence-corrected chi connectivity index (χ4v) is 5.97. The SMILES string of the molecule is Cc1ccc2c(N[C@H]3C4CCC(CC4)[C@@H]3C)nc(-c3c[nH]c4c(F)cc(F)cc34)nc2c1. The van der Waals surface area contributed by atoms with Crippen LogP contribution in [0.2, 0.25) is 0 Å². The molecule has 6 heteroatoms. The lowest BCUT2D eigenvalue weighted by Crippen LogP contribution is -2.47. The van der Waals surface area contributed by atoms with Gasteiger partial charge in [-0.2, -0.15) is 0 Å². The zero-order chi connectivity index (χ0) is 22.0. The first kappa shape index (κ1) is 19.6. The number of nitrogens with one attached hydrogen (secondary N) is 2. The zero-order valence-electron chi connectivity index (χ0n) is 18.3. The molecular formula is C26H26F2N4. The summed E-state index contributed by atoms with van der Waals surface area (Å²) in [6.07, 6.45) is 6.85. The molecule has 3 fully saturated rings. The lowest BCUT2D eigenvalue weighted by Gasteiger charge is -2.47. The van der Waals surface area contributed by atoms with Crippen LogP contribution in [-0.4, -0.2) is 21.0 Å². The maximum absolute atomic E-state index is 14.3. The molecule has 3 aliphatic rings. The van der Waals surface area contributed by atoms with Gasteiger partial charge in [0, 0.05) is 34.6 Å². The second-order valence-corrected chi connectivity index (χ2v) is 9.63. The highest BCUT2D eigenvalue weighted by molar-refractivity contribution is 5.97.